The van der Waals surface area contributed by atoms with Gasteiger partial charge in [-0.15, -0.1) is 0 Å². The van der Waals surface area contributed by atoms with Crippen molar-refractivity contribution in [1.29, 1.82) is 0 Å². The SMILES string of the molecule is COCC(C)(C(=O)O)N(C)C. The quantitative estimate of drug-likeness (QED) is 0.632. The smallest absolute Gasteiger partial charge is 0.326 e. The van der Waals surface area contributed by atoms with Gasteiger partial charge in [-0.1, -0.05) is 0 Å². The van der Waals surface area contributed by atoms with Gasteiger partial charge < -0.3 is 9.84 Å². The van der Waals surface area contributed by atoms with E-state index in [4.69, 9.17) is 9.84 Å². The van der Waals surface area contributed by atoms with Gasteiger partial charge in [0, 0.05) is 7.11 Å². The second-order valence-electron chi connectivity index (χ2n) is 2.91. The van der Waals surface area contributed by atoms with Crippen LogP contribution in [-0.2, 0) is 9.53 Å². The number of hydrogen-bond acceptors (Lipinski definition) is 3. The Morgan fingerprint density at radius 2 is 2.09 bits per heavy atom. The van der Waals surface area contributed by atoms with E-state index in [1.807, 2.05) is 0 Å². The molecule has 0 radical (unpaired) electrons. The number of carboxylic acids is 1. The van der Waals surface area contributed by atoms with Crippen molar-refractivity contribution in [3.63, 3.8) is 0 Å². The number of carbonyl (C=O) groups is 1. The molecular weight excluding hydrogens is 146 g/mol. The van der Waals surface area contributed by atoms with E-state index in [1.54, 1.807) is 25.9 Å². The molecule has 0 saturated heterocycles. The van der Waals surface area contributed by atoms with Gasteiger partial charge in [0.05, 0.1) is 6.61 Å². The topological polar surface area (TPSA) is 49.8 Å². The first-order chi connectivity index (χ1) is 4.95. The minimum atomic E-state index is -0.922. The van der Waals surface area contributed by atoms with Crippen LogP contribution < -0.4 is 0 Å². The molecule has 66 valence electrons. The molecule has 0 aromatic heterocycles. The van der Waals surface area contributed by atoms with Gasteiger partial charge in [-0.3, -0.25) is 9.69 Å². The highest BCUT2D eigenvalue weighted by Crippen LogP contribution is 2.11. The molecule has 4 nitrogen and oxygen atoms in total. The predicted molar refractivity (Wildman–Crippen MR) is 41.6 cm³/mol. The zero-order valence-electron chi connectivity index (χ0n) is 7.42. The summed E-state index contributed by atoms with van der Waals surface area (Å²) in [6, 6.07) is 0. The zero-order valence-corrected chi connectivity index (χ0v) is 7.42. The van der Waals surface area contributed by atoms with E-state index in [2.05, 4.69) is 0 Å². The van der Waals surface area contributed by atoms with Crippen molar-refractivity contribution in [3.05, 3.63) is 0 Å². The van der Waals surface area contributed by atoms with Crippen molar-refractivity contribution in [2.45, 2.75) is 12.5 Å². The number of ether oxygens (including phenoxy) is 1. The fourth-order valence-electron chi connectivity index (χ4n) is 0.663. The van der Waals surface area contributed by atoms with Gasteiger partial charge in [-0.2, -0.15) is 0 Å². The Morgan fingerprint density at radius 3 is 2.18 bits per heavy atom. The summed E-state index contributed by atoms with van der Waals surface area (Å²) in [4.78, 5) is 12.4. The van der Waals surface area contributed by atoms with Crippen LogP contribution in [0.5, 0.6) is 0 Å². The molecule has 0 aliphatic heterocycles. The third-order valence-corrected chi connectivity index (χ3v) is 1.87. The van der Waals surface area contributed by atoms with Gasteiger partial charge >= 0.3 is 5.97 Å². The molecule has 4 heteroatoms. The number of carboxylic acid groups (broad SMARTS) is 1. The summed E-state index contributed by atoms with van der Waals surface area (Å²) < 4.78 is 4.81. The van der Waals surface area contributed by atoms with Crippen LogP contribution in [0.15, 0.2) is 0 Å². The number of aliphatic carboxylic acids is 1. The van der Waals surface area contributed by atoms with Crippen LogP contribution >= 0.6 is 0 Å². The molecule has 0 fully saturated rings. The second kappa shape index (κ2) is 3.69. The highest BCUT2D eigenvalue weighted by Gasteiger charge is 2.35. The largest absolute Gasteiger partial charge is 0.480 e. The number of rotatable bonds is 4. The first kappa shape index (κ1) is 10.4. The fourth-order valence-corrected chi connectivity index (χ4v) is 0.663. The van der Waals surface area contributed by atoms with Crippen LogP contribution in [0.1, 0.15) is 6.92 Å². The van der Waals surface area contributed by atoms with E-state index < -0.39 is 11.5 Å². The Kier molecular flexibility index (Phi) is 3.48. The average molecular weight is 161 g/mol. The molecule has 0 aromatic carbocycles. The third-order valence-electron chi connectivity index (χ3n) is 1.87. The minimum Gasteiger partial charge on any atom is -0.480 e. The molecule has 0 aliphatic carbocycles. The molecular formula is C7H15NO3. The standard InChI is InChI=1S/C7H15NO3/c1-7(5-11-4,6(9)10)8(2)3/h5H2,1-4H3,(H,9,10). The molecule has 0 bridgehead atoms. The van der Waals surface area contributed by atoms with Crippen LogP contribution in [0.2, 0.25) is 0 Å². The van der Waals surface area contributed by atoms with Crippen LogP contribution in [0.25, 0.3) is 0 Å². The summed E-state index contributed by atoms with van der Waals surface area (Å²) in [7, 11) is 4.92. The number of likely N-dealkylation sites (N-methyl/N-ethyl adjacent to an activating group) is 1. The molecule has 1 N–H and O–H groups in total. The van der Waals surface area contributed by atoms with Gasteiger partial charge in [0.1, 0.15) is 5.54 Å². The fraction of sp³-hybridized carbons (Fsp3) is 0.857. The van der Waals surface area contributed by atoms with Gasteiger partial charge in [-0.05, 0) is 21.0 Å². The first-order valence-corrected chi connectivity index (χ1v) is 3.35. The predicted octanol–water partition coefficient (Wildman–Crippen LogP) is 0.0377. The van der Waals surface area contributed by atoms with Crippen molar-refractivity contribution < 1.29 is 14.6 Å². The van der Waals surface area contributed by atoms with Gasteiger partial charge in [0.2, 0.25) is 0 Å². The Morgan fingerprint density at radius 1 is 1.64 bits per heavy atom. The van der Waals surface area contributed by atoms with E-state index in [0.717, 1.165) is 0 Å². The van der Waals surface area contributed by atoms with Crippen molar-refractivity contribution >= 4 is 5.97 Å². The lowest BCUT2D eigenvalue weighted by Gasteiger charge is -2.30. The molecule has 1 unspecified atom stereocenters. The third kappa shape index (κ3) is 2.17. The van der Waals surface area contributed by atoms with Gasteiger partial charge in [0.25, 0.3) is 0 Å². The number of hydrogen-bond donors (Lipinski definition) is 1. The van der Waals surface area contributed by atoms with Crippen molar-refractivity contribution in [3.8, 4) is 0 Å². The van der Waals surface area contributed by atoms with Crippen LogP contribution in [0, 0.1) is 0 Å². The summed E-state index contributed by atoms with van der Waals surface area (Å²) in [5.41, 5.74) is -0.922. The van der Waals surface area contributed by atoms with E-state index in [-0.39, 0.29) is 6.61 Å². The minimum absolute atomic E-state index is 0.190. The maximum Gasteiger partial charge on any atom is 0.326 e. The Hall–Kier alpha value is -0.610. The summed E-state index contributed by atoms with van der Waals surface area (Å²) in [5, 5.41) is 8.81. The highest BCUT2D eigenvalue weighted by atomic mass is 16.5. The highest BCUT2D eigenvalue weighted by molar-refractivity contribution is 5.78. The lowest BCUT2D eigenvalue weighted by molar-refractivity contribution is -0.152. The normalized spacial score (nSPS) is 16.5. The van der Waals surface area contributed by atoms with Crippen molar-refractivity contribution in [2.24, 2.45) is 0 Å². The summed E-state index contributed by atoms with van der Waals surface area (Å²) in [5.74, 6) is -0.871. The summed E-state index contributed by atoms with van der Waals surface area (Å²) in [6.07, 6.45) is 0. The average Bonchev–Trinajstić information content (AvgIpc) is 1.87. The van der Waals surface area contributed by atoms with Crippen molar-refractivity contribution in [2.75, 3.05) is 27.8 Å². The number of methoxy groups -OCH3 is 1. The maximum absolute atomic E-state index is 10.7. The van der Waals surface area contributed by atoms with Crippen molar-refractivity contribution in [1.82, 2.24) is 4.90 Å². The molecule has 0 heterocycles. The van der Waals surface area contributed by atoms with Gasteiger partial charge in [0.15, 0.2) is 0 Å². The zero-order chi connectivity index (χ0) is 9.07. The lowest BCUT2D eigenvalue weighted by atomic mass is 10.0. The first-order valence-electron chi connectivity index (χ1n) is 3.35. The lowest BCUT2D eigenvalue weighted by Crippen LogP contribution is -2.51. The van der Waals surface area contributed by atoms with E-state index in [1.165, 1.54) is 7.11 Å². The van der Waals surface area contributed by atoms with Gasteiger partial charge in [-0.25, -0.2) is 0 Å². The molecule has 0 spiro atoms. The van der Waals surface area contributed by atoms with E-state index in [9.17, 15) is 4.79 Å². The van der Waals surface area contributed by atoms with E-state index >= 15 is 0 Å². The van der Waals surface area contributed by atoms with Crippen LogP contribution in [-0.4, -0.2) is 49.3 Å². The molecule has 0 aliphatic rings. The monoisotopic (exact) mass is 161 g/mol. The molecule has 0 saturated carbocycles. The molecule has 1 atom stereocenters. The summed E-state index contributed by atoms with van der Waals surface area (Å²) >= 11 is 0. The molecule has 0 rings (SSSR count). The Balaban J connectivity index is 4.38. The molecule has 0 aromatic rings. The van der Waals surface area contributed by atoms with Crippen LogP contribution in [0.4, 0.5) is 0 Å². The van der Waals surface area contributed by atoms with Crippen LogP contribution in [0.3, 0.4) is 0 Å². The molecule has 11 heavy (non-hydrogen) atoms. The maximum atomic E-state index is 10.7. The van der Waals surface area contributed by atoms with E-state index in [0.29, 0.717) is 0 Å². The number of nitrogens with zero attached hydrogens (tertiary/aromatic N) is 1. The Labute approximate surface area is 66.8 Å². The summed E-state index contributed by atoms with van der Waals surface area (Å²) in [6.45, 7) is 1.81. The second-order valence-corrected chi connectivity index (χ2v) is 2.91. The molecule has 0 amide bonds. The Bertz CT molecular complexity index is 147.